The Balaban J connectivity index is 1.39. The Morgan fingerprint density at radius 3 is 2.74 bits per heavy atom. The molecule has 0 aliphatic rings. The Morgan fingerprint density at radius 2 is 1.93 bits per heavy atom. The molecule has 7 nitrogen and oxygen atoms in total. The topological polar surface area (TPSA) is 77.9 Å². The zero-order valence-electron chi connectivity index (χ0n) is 14.9. The van der Waals surface area contributed by atoms with E-state index in [9.17, 15) is 4.79 Å². The maximum absolute atomic E-state index is 12.4. The predicted molar refractivity (Wildman–Crippen MR) is 100 cm³/mol. The third kappa shape index (κ3) is 3.98. The zero-order valence-corrected chi connectivity index (χ0v) is 14.9. The van der Waals surface area contributed by atoms with Crippen molar-refractivity contribution in [2.75, 3.05) is 5.32 Å². The quantitative estimate of drug-likeness (QED) is 0.571. The molecule has 0 spiro atoms. The zero-order chi connectivity index (χ0) is 18.6. The molecule has 4 rings (SSSR count). The second kappa shape index (κ2) is 7.33. The summed E-state index contributed by atoms with van der Waals surface area (Å²) in [4.78, 5) is 12.4. The van der Waals surface area contributed by atoms with Gasteiger partial charge in [0.2, 0.25) is 0 Å². The number of nitrogens with zero attached hydrogens (tertiary/aromatic N) is 4. The molecule has 3 heterocycles. The lowest BCUT2D eigenvalue weighted by atomic mass is 10.1. The summed E-state index contributed by atoms with van der Waals surface area (Å²) in [7, 11) is 0. The molecule has 0 unspecified atom stereocenters. The first kappa shape index (κ1) is 16.8. The Bertz CT molecular complexity index is 1050. The fraction of sp³-hybridized carbons (Fsp3) is 0.150. The van der Waals surface area contributed by atoms with Gasteiger partial charge in [-0.3, -0.25) is 14.2 Å². The Hall–Kier alpha value is -3.61. The molecule has 136 valence electrons. The average Bonchev–Trinajstić information content (AvgIpc) is 3.40. The van der Waals surface area contributed by atoms with Crippen molar-refractivity contribution in [3.63, 3.8) is 0 Å². The van der Waals surface area contributed by atoms with Gasteiger partial charge in [-0.1, -0.05) is 24.3 Å². The molecule has 7 heteroatoms. The molecule has 4 aromatic rings. The molecular formula is C20H19N5O2. The maximum atomic E-state index is 12.4. The summed E-state index contributed by atoms with van der Waals surface area (Å²) in [5.74, 6) is 1.06. The summed E-state index contributed by atoms with van der Waals surface area (Å²) in [6.45, 7) is 3.20. The van der Waals surface area contributed by atoms with E-state index in [2.05, 4.69) is 34.6 Å². The standard InChI is InChI=1S/C20H19N5O2/c1-15-5-2-3-6-16(15)13-25-12-9-19(23-25)22-20(26)18-8-7-17(27-18)14-24-11-4-10-21-24/h2-12H,13-14H2,1H3,(H,22,23,26). The first-order valence-electron chi connectivity index (χ1n) is 8.63. The SMILES string of the molecule is Cc1ccccc1Cn1ccc(NC(=O)c2ccc(Cn3cccn3)o2)n1. The van der Waals surface area contributed by atoms with Crippen LogP contribution in [0.5, 0.6) is 0 Å². The minimum absolute atomic E-state index is 0.241. The van der Waals surface area contributed by atoms with Crippen molar-refractivity contribution >= 4 is 11.7 Å². The lowest BCUT2D eigenvalue weighted by Gasteiger charge is -2.05. The van der Waals surface area contributed by atoms with Crippen molar-refractivity contribution < 1.29 is 9.21 Å². The van der Waals surface area contributed by atoms with E-state index in [-0.39, 0.29) is 11.7 Å². The third-order valence-electron chi connectivity index (χ3n) is 4.24. The van der Waals surface area contributed by atoms with E-state index >= 15 is 0 Å². The number of hydrogen-bond acceptors (Lipinski definition) is 4. The van der Waals surface area contributed by atoms with Crippen LogP contribution in [0, 0.1) is 6.92 Å². The van der Waals surface area contributed by atoms with Crippen LogP contribution in [0.15, 0.2) is 71.5 Å². The van der Waals surface area contributed by atoms with Crippen LogP contribution < -0.4 is 5.32 Å². The van der Waals surface area contributed by atoms with Crippen molar-refractivity contribution in [1.82, 2.24) is 19.6 Å². The highest BCUT2D eigenvalue weighted by Crippen LogP contribution is 2.13. The molecule has 0 bridgehead atoms. The number of hydrogen-bond donors (Lipinski definition) is 1. The minimum Gasteiger partial charge on any atom is -0.454 e. The van der Waals surface area contributed by atoms with E-state index in [0.29, 0.717) is 24.7 Å². The van der Waals surface area contributed by atoms with Gasteiger partial charge >= 0.3 is 0 Å². The lowest BCUT2D eigenvalue weighted by molar-refractivity contribution is 0.0994. The van der Waals surface area contributed by atoms with Crippen molar-refractivity contribution in [1.29, 1.82) is 0 Å². The molecule has 1 N–H and O–H groups in total. The Morgan fingerprint density at radius 1 is 1.04 bits per heavy atom. The smallest absolute Gasteiger partial charge is 0.292 e. The molecule has 0 aliphatic carbocycles. The fourth-order valence-corrected chi connectivity index (χ4v) is 2.79. The molecule has 0 aliphatic heterocycles. The second-order valence-electron chi connectivity index (χ2n) is 6.25. The highest BCUT2D eigenvalue weighted by molar-refractivity contribution is 6.01. The van der Waals surface area contributed by atoms with E-state index < -0.39 is 0 Å². The number of carbonyl (C=O) groups excluding carboxylic acids is 1. The highest BCUT2D eigenvalue weighted by Gasteiger charge is 2.13. The summed E-state index contributed by atoms with van der Waals surface area (Å²) in [5.41, 5.74) is 2.40. The molecule has 0 fully saturated rings. The van der Waals surface area contributed by atoms with Gasteiger partial charge in [-0.2, -0.15) is 10.2 Å². The summed E-state index contributed by atoms with van der Waals surface area (Å²) < 4.78 is 9.13. The van der Waals surface area contributed by atoms with Gasteiger partial charge in [-0.15, -0.1) is 0 Å². The molecule has 1 aromatic carbocycles. The largest absolute Gasteiger partial charge is 0.454 e. The van der Waals surface area contributed by atoms with Crippen LogP contribution in [0.1, 0.15) is 27.4 Å². The molecule has 0 atom stereocenters. The number of rotatable bonds is 6. The van der Waals surface area contributed by atoms with E-state index in [1.807, 2.05) is 30.6 Å². The number of amides is 1. The van der Waals surface area contributed by atoms with Crippen LogP contribution in [0.3, 0.4) is 0 Å². The molecule has 0 saturated carbocycles. The van der Waals surface area contributed by atoms with Gasteiger partial charge in [0.25, 0.3) is 5.91 Å². The van der Waals surface area contributed by atoms with Gasteiger partial charge in [-0.25, -0.2) is 0 Å². The first-order valence-corrected chi connectivity index (χ1v) is 8.63. The van der Waals surface area contributed by atoms with Crippen LogP contribution in [0.4, 0.5) is 5.82 Å². The Kier molecular flexibility index (Phi) is 4.57. The maximum Gasteiger partial charge on any atom is 0.292 e. The van der Waals surface area contributed by atoms with Gasteiger partial charge in [-0.05, 0) is 36.2 Å². The summed E-state index contributed by atoms with van der Waals surface area (Å²) >= 11 is 0. The predicted octanol–water partition coefficient (Wildman–Crippen LogP) is 3.33. The summed E-state index contributed by atoms with van der Waals surface area (Å²) in [5, 5.41) is 11.3. The van der Waals surface area contributed by atoms with Crippen LogP contribution in [-0.2, 0) is 13.1 Å². The van der Waals surface area contributed by atoms with Crippen molar-refractivity contribution in [3.05, 3.63) is 89.8 Å². The van der Waals surface area contributed by atoms with Crippen LogP contribution in [0.2, 0.25) is 0 Å². The van der Waals surface area contributed by atoms with E-state index in [1.54, 1.807) is 33.8 Å². The van der Waals surface area contributed by atoms with Gasteiger partial charge in [0.15, 0.2) is 11.6 Å². The van der Waals surface area contributed by atoms with Crippen molar-refractivity contribution in [2.24, 2.45) is 0 Å². The average molecular weight is 361 g/mol. The third-order valence-corrected chi connectivity index (χ3v) is 4.24. The molecule has 27 heavy (non-hydrogen) atoms. The van der Waals surface area contributed by atoms with Crippen LogP contribution in [0.25, 0.3) is 0 Å². The molecule has 0 saturated heterocycles. The number of furan rings is 1. The van der Waals surface area contributed by atoms with Crippen molar-refractivity contribution in [2.45, 2.75) is 20.0 Å². The molecule has 3 aromatic heterocycles. The lowest BCUT2D eigenvalue weighted by Crippen LogP contribution is -2.12. The number of aromatic nitrogens is 4. The van der Waals surface area contributed by atoms with Gasteiger partial charge in [0.1, 0.15) is 5.76 Å². The van der Waals surface area contributed by atoms with Gasteiger partial charge in [0, 0.05) is 24.7 Å². The van der Waals surface area contributed by atoms with E-state index in [1.165, 1.54) is 11.1 Å². The number of aryl methyl sites for hydroxylation is 1. The van der Waals surface area contributed by atoms with E-state index in [4.69, 9.17) is 4.42 Å². The first-order chi connectivity index (χ1) is 13.2. The van der Waals surface area contributed by atoms with Crippen LogP contribution >= 0.6 is 0 Å². The van der Waals surface area contributed by atoms with Crippen LogP contribution in [-0.4, -0.2) is 25.5 Å². The fourth-order valence-electron chi connectivity index (χ4n) is 2.79. The summed E-state index contributed by atoms with van der Waals surface area (Å²) in [6.07, 6.45) is 5.38. The minimum atomic E-state index is -0.331. The normalized spacial score (nSPS) is 10.9. The summed E-state index contributed by atoms with van der Waals surface area (Å²) in [6, 6.07) is 15.2. The van der Waals surface area contributed by atoms with Gasteiger partial charge < -0.3 is 9.73 Å². The number of nitrogens with one attached hydrogen (secondary N) is 1. The Labute approximate surface area is 156 Å². The molecule has 0 radical (unpaired) electrons. The number of benzene rings is 1. The second-order valence-corrected chi connectivity index (χ2v) is 6.25. The molecule has 1 amide bonds. The monoisotopic (exact) mass is 361 g/mol. The number of carbonyl (C=O) groups is 1. The molecular weight excluding hydrogens is 342 g/mol. The highest BCUT2D eigenvalue weighted by atomic mass is 16.4. The number of anilines is 1. The van der Waals surface area contributed by atoms with E-state index in [0.717, 1.165) is 0 Å². The van der Waals surface area contributed by atoms with Gasteiger partial charge in [0.05, 0.1) is 13.1 Å². The van der Waals surface area contributed by atoms with Crippen molar-refractivity contribution in [3.8, 4) is 0 Å².